The lowest BCUT2D eigenvalue weighted by molar-refractivity contribution is -0.132. The summed E-state index contributed by atoms with van der Waals surface area (Å²) in [5, 5.41) is 2.89. The maximum absolute atomic E-state index is 12.5. The van der Waals surface area contributed by atoms with Crippen LogP contribution in [-0.4, -0.2) is 73.6 Å². The van der Waals surface area contributed by atoms with Crippen LogP contribution in [0.4, 0.5) is 5.69 Å². The Morgan fingerprint density at radius 3 is 2.27 bits per heavy atom. The van der Waals surface area contributed by atoms with Gasteiger partial charge in [-0.1, -0.05) is 19.1 Å². The Labute approximate surface area is 191 Å². The minimum atomic E-state index is -0.521. The van der Waals surface area contributed by atoms with Gasteiger partial charge in [-0.25, -0.2) is 0 Å². The number of nitrogens with one attached hydrogen (secondary N) is 1. The molecule has 1 aromatic carbocycles. The summed E-state index contributed by atoms with van der Waals surface area (Å²) in [6.07, 6.45) is 2.03. The molecule has 9 heteroatoms. The average Bonchev–Trinajstić information content (AvgIpc) is 2.75. The summed E-state index contributed by atoms with van der Waals surface area (Å²) in [5.41, 5.74) is 7.78. The van der Waals surface area contributed by atoms with Crippen LogP contribution in [0.2, 0.25) is 0 Å². The second-order valence-electron chi connectivity index (χ2n) is 7.65. The minimum Gasteiger partial charge on any atom is -0.381 e. The molecule has 3 rings (SSSR count). The van der Waals surface area contributed by atoms with Crippen molar-refractivity contribution in [3.05, 3.63) is 29.8 Å². The van der Waals surface area contributed by atoms with Gasteiger partial charge in [0.1, 0.15) is 0 Å². The highest BCUT2D eigenvalue weighted by Gasteiger charge is 2.26. The molecular weight excluding hydrogens is 427 g/mol. The van der Waals surface area contributed by atoms with E-state index in [2.05, 4.69) is 17.1 Å². The Bertz CT molecular complexity index is 661. The number of hydrogen-bond acceptors (Lipinski definition) is 5. The van der Waals surface area contributed by atoms with Crippen LogP contribution in [0.1, 0.15) is 25.3 Å². The largest absolute Gasteiger partial charge is 0.381 e. The lowest BCUT2D eigenvalue weighted by Gasteiger charge is -2.34. The molecule has 2 amide bonds. The van der Waals surface area contributed by atoms with E-state index in [1.165, 1.54) is 0 Å². The van der Waals surface area contributed by atoms with E-state index in [1.54, 1.807) is 0 Å². The molecule has 0 aliphatic carbocycles. The van der Waals surface area contributed by atoms with E-state index in [0.717, 1.165) is 51.1 Å². The summed E-state index contributed by atoms with van der Waals surface area (Å²) in [4.78, 5) is 29.2. The Morgan fingerprint density at radius 1 is 1.10 bits per heavy atom. The van der Waals surface area contributed by atoms with E-state index in [0.29, 0.717) is 25.3 Å². The molecular formula is C21H34Cl2N4O3. The van der Waals surface area contributed by atoms with E-state index < -0.39 is 6.04 Å². The molecule has 0 aromatic heterocycles. The van der Waals surface area contributed by atoms with Crippen LogP contribution in [0, 0.1) is 5.92 Å². The van der Waals surface area contributed by atoms with Gasteiger partial charge in [0.15, 0.2) is 0 Å². The number of carbonyl (C=O) groups excluding carboxylic acids is 2. The number of anilines is 1. The number of benzene rings is 1. The molecule has 0 bridgehead atoms. The van der Waals surface area contributed by atoms with Gasteiger partial charge in [0, 0.05) is 45.1 Å². The van der Waals surface area contributed by atoms with Gasteiger partial charge in [-0.3, -0.25) is 9.59 Å². The molecule has 3 N–H and O–H groups in total. The fourth-order valence-electron chi connectivity index (χ4n) is 3.82. The lowest BCUT2D eigenvalue weighted by Crippen LogP contribution is -2.48. The maximum atomic E-state index is 12.5. The first-order valence-electron chi connectivity index (χ1n) is 10.3. The fraction of sp³-hybridized carbons (Fsp3) is 0.619. The average molecular weight is 461 g/mol. The van der Waals surface area contributed by atoms with E-state index in [4.69, 9.17) is 10.5 Å². The van der Waals surface area contributed by atoms with Crippen LogP contribution >= 0.6 is 24.8 Å². The molecule has 2 aliphatic heterocycles. The van der Waals surface area contributed by atoms with Gasteiger partial charge >= 0.3 is 0 Å². The second-order valence-corrected chi connectivity index (χ2v) is 7.65. The van der Waals surface area contributed by atoms with Gasteiger partial charge in [0.2, 0.25) is 11.8 Å². The van der Waals surface area contributed by atoms with E-state index in [-0.39, 0.29) is 42.5 Å². The van der Waals surface area contributed by atoms with Gasteiger partial charge in [0.05, 0.1) is 12.5 Å². The fourth-order valence-corrected chi connectivity index (χ4v) is 3.82. The predicted octanol–water partition coefficient (Wildman–Crippen LogP) is 1.93. The smallest absolute Gasteiger partial charge is 0.241 e. The normalized spacial score (nSPS) is 18.7. The number of nitrogens with two attached hydrogens (primary N) is 1. The summed E-state index contributed by atoms with van der Waals surface area (Å²) in [5.74, 6) is 0.164. The third-order valence-electron chi connectivity index (χ3n) is 5.83. The number of nitrogens with zero attached hydrogens (tertiary/aromatic N) is 2. The first kappa shape index (κ1) is 26.7. The van der Waals surface area contributed by atoms with Crippen LogP contribution in [0.15, 0.2) is 24.3 Å². The number of hydrogen-bond donors (Lipinski definition) is 2. The molecule has 2 heterocycles. The zero-order valence-electron chi connectivity index (χ0n) is 17.5. The van der Waals surface area contributed by atoms with Gasteiger partial charge in [-0.05, 0) is 43.0 Å². The topological polar surface area (TPSA) is 87.9 Å². The number of ether oxygens (including phenoxy) is 1. The molecule has 0 radical (unpaired) electrons. The molecule has 2 aliphatic rings. The molecule has 2 fully saturated rings. The Balaban J connectivity index is 0.00000225. The zero-order valence-corrected chi connectivity index (χ0v) is 19.2. The molecule has 170 valence electrons. The number of carbonyl (C=O) groups is 2. The van der Waals surface area contributed by atoms with Gasteiger partial charge < -0.3 is 25.6 Å². The first-order valence-corrected chi connectivity index (χ1v) is 10.3. The Morgan fingerprint density at radius 2 is 1.70 bits per heavy atom. The molecule has 0 spiro atoms. The van der Waals surface area contributed by atoms with E-state index in [9.17, 15) is 9.59 Å². The van der Waals surface area contributed by atoms with Gasteiger partial charge in [0.25, 0.3) is 0 Å². The van der Waals surface area contributed by atoms with Crippen molar-refractivity contribution in [3.63, 3.8) is 0 Å². The van der Waals surface area contributed by atoms with Crippen molar-refractivity contribution in [1.82, 2.24) is 9.80 Å². The van der Waals surface area contributed by atoms with Crippen LogP contribution in [0.3, 0.4) is 0 Å². The monoisotopic (exact) mass is 460 g/mol. The molecule has 1 aromatic rings. The summed E-state index contributed by atoms with van der Waals surface area (Å²) in [6, 6.07) is 6.95. The summed E-state index contributed by atoms with van der Waals surface area (Å²) in [6.45, 7) is 8.00. The summed E-state index contributed by atoms with van der Waals surface area (Å²) in [7, 11) is 0. The van der Waals surface area contributed by atoms with Crippen LogP contribution in [0.5, 0.6) is 0 Å². The minimum absolute atomic E-state index is 0. The maximum Gasteiger partial charge on any atom is 0.241 e. The van der Waals surface area contributed by atoms with Crippen LogP contribution in [0.25, 0.3) is 0 Å². The van der Waals surface area contributed by atoms with Crippen molar-refractivity contribution in [1.29, 1.82) is 0 Å². The summed E-state index contributed by atoms with van der Waals surface area (Å²) >= 11 is 0. The van der Waals surface area contributed by atoms with Crippen molar-refractivity contribution >= 4 is 42.3 Å². The quantitative estimate of drug-likeness (QED) is 0.676. The Kier molecular flexibility index (Phi) is 11.7. The number of halogens is 2. The van der Waals surface area contributed by atoms with Crippen molar-refractivity contribution in [2.75, 3.05) is 51.3 Å². The number of rotatable bonds is 6. The molecule has 7 nitrogen and oxygen atoms in total. The molecule has 1 atom stereocenters. The standard InChI is InChI=1S/C21H32N4O3.2ClH/c1-2-24-9-11-25(12-10-24)19(26)15-16-3-5-18(6-4-16)23-21(27)20(22)17-7-13-28-14-8-17;;/h3-6,17,20H,2,7-15,22H2,1H3,(H,23,27);2*1H. The summed E-state index contributed by atoms with van der Waals surface area (Å²) < 4.78 is 5.33. The highest BCUT2D eigenvalue weighted by atomic mass is 35.5. The lowest BCUT2D eigenvalue weighted by atomic mass is 9.92. The van der Waals surface area contributed by atoms with Gasteiger partial charge in [-0.2, -0.15) is 0 Å². The predicted molar refractivity (Wildman–Crippen MR) is 123 cm³/mol. The third kappa shape index (κ3) is 7.39. The number of amides is 2. The molecule has 1 unspecified atom stereocenters. The van der Waals surface area contributed by atoms with E-state index in [1.807, 2.05) is 29.2 Å². The third-order valence-corrected chi connectivity index (χ3v) is 5.83. The Hall–Kier alpha value is -1.38. The van der Waals surface area contributed by atoms with Crippen LogP contribution < -0.4 is 11.1 Å². The second kappa shape index (κ2) is 13.1. The highest BCUT2D eigenvalue weighted by Crippen LogP contribution is 2.19. The molecule has 0 saturated carbocycles. The van der Waals surface area contributed by atoms with Crippen molar-refractivity contribution in [2.24, 2.45) is 11.7 Å². The zero-order chi connectivity index (χ0) is 19.9. The van der Waals surface area contributed by atoms with Crippen molar-refractivity contribution < 1.29 is 14.3 Å². The number of piperazine rings is 1. The van der Waals surface area contributed by atoms with Gasteiger partial charge in [-0.15, -0.1) is 24.8 Å². The van der Waals surface area contributed by atoms with Crippen molar-refractivity contribution in [2.45, 2.75) is 32.2 Å². The van der Waals surface area contributed by atoms with E-state index >= 15 is 0 Å². The highest BCUT2D eigenvalue weighted by molar-refractivity contribution is 5.95. The number of likely N-dealkylation sites (N-methyl/N-ethyl adjacent to an activating group) is 1. The van der Waals surface area contributed by atoms with Crippen molar-refractivity contribution in [3.8, 4) is 0 Å². The molecule has 30 heavy (non-hydrogen) atoms. The van der Waals surface area contributed by atoms with Crippen LogP contribution in [-0.2, 0) is 20.7 Å². The first-order chi connectivity index (χ1) is 13.6. The molecule has 2 saturated heterocycles. The SMILES string of the molecule is CCN1CCN(C(=O)Cc2ccc(NC(=O)C(N)C3CCOCC3)cc2)CC1.Cl.Cl.